The molecule has 0 aromatic heterocycles. The summed E-state index contributed by atoms with van der Waals surface area (Å²) < 4.78 is 10.9. The van der Waals surface area contributed by atoms with Crippen LogP contribution in [-0.2, 0) is 32.3 Å². The van der Waals surface area contributed by atoms with Crippen LogP contribution in [0.5, 0.6) is 0 Å². The fourth-order valence-electron chi connectivity index (χ4n) is 3.07. The Kier molecular flexibility index (Phi) is 5.69. The average Bonchev–Trinajstić information content (AvgIpc) is 3.01. The Balaban J connectivity index is 1.73. The van der Waals surface area contributed by atoms with Crippen LogP contribution < -0.4 is 0 Å². The second kappa shape index (κ2) is 8.16. The van der Waals surface area contributed by atoms with Gasteiger partial charge in [-0.1, -0.05) is 67.6 Å². The summed E-state index contributed by atoms with van der Waals surface area (Å²) >= 11 is 0. The molecular formula is C22H23NO4. The van der Waals surface area contributed by atoms with Crippen molar-refractivity contribution in [2.45, 2.75) is 39.0 Å². The molecule has 0 radical (unpaired) electrons. The minimum Gasteiger partial charge on any atom is -0.459 e. The van der Waals surface area contributed by atoms with Crippen molar-refractivity contribution in [3.05, 3.63) is 71.8 Å². The molecule has 27 heavy (non-hydrogen) atoms. The number of hydrogen-bond acceptors (Lipinski definition) is 5. The molecule has 0 fully saturated rings. The first-order chi connectivity index (χ1) is 13.0. The first-order valence-corrected chi connectivity index (χ1v) is 9.00. The van der Waals surface area contributed by atoms with Gasteiger partial charge in [0.15, 0.2) is 0 Å². The number of hydrogen-bond donors (Lipinski definition) is 0. The molecule has 0 spiro atoms. The zero-order chi connectivity index (χ0) is 19.3. The Morgan fingerprint density at radius 3 is 1.74 bits per heavy atom. The van der Waals surface area contributed by atoms with Gasteiger partial charge in [-0.3, -0.25) is 4.99 Å². The van der Waals surface area contributed by atoms with E-state index in [1.807, 2.05) is 74.5 Å². The Morgan fingerprint density at radius 2 is 1.37 bits per heavy atom. The molecule has 3 rings (SSSR count). The summed E-state index contributed by atoms with van der Waals surface area (Å²) in [6.07, 6.45) is 0.264. The molecule has 5 nitrogen and oxygen atoms in total. The van der Waals surface area contributed by atoms with Gasteiger partial charge in [-0.25, -0.2) is 9.59 Å². The van der Waals surface area contributed by atoms with Crippen LogP contribution in [0.2, 0.25) is 0 Å². The normalized spacial score (nSPS) is 17.9. The van der Waals surface area contributed by atoms with Crippen LogP contribution in [0.15, 0.2) is 65.7 Å². The Hall–Kier alpha value is -2.95. The fraction of sp³-hybridized carbons (Fsp3) is 0.318. The zero-order valence-corrected chi connectivity index (χ0v) is 15.6. The van der Waals surface area contributed by atoms with Crippen molar-refractivity contribution in [1.29, 1.82) is 0 Å². The smallest absolute Gasteiger partial charge is 0.346 e. The molecule has 1 atom stereocenters. The number of benzene rings is 2. The maximum atomic E-state index is 12.9. The van der Waals surface area contributed by atoms with E-state index < -0.39 is 17.5 Å². The van der Waals surface area contributed by atoms with Gasteiger partial charge in [0.2, 0.25) is 0 Å². The summed E-state index contributed by atoms with van der Waals surface area (Å²) in [7, 11) is 0. The third-order valence-corrected chi connectivity index (χ3v) is 4.78. The largest absolute Gasteiger partial charge is 0.459 e. The number of aliphatic imine (C=N–C) groups is 1. The van der Waals surface area contributed by atoms with Gasteiger partial charge in [-0.05, 0) is 24.0 Å². The van der Waals surface area contributed by atoms with Crippen LogP contribution >= 0.6 is 0 Å². The summed E-state index contributed by atoms with van der Waals surface area (Å²) in [5, 5.41) is 0. The standard InChI is InChI=1S/C22H23NO4/c1-16-13-22(23-17(16)2,20(24)26-14-18-9-5-3-6-10-18)21(25)27-15-19-11-7-4-8-12-19/h3-12,16H,13-15H2,1-2H3. The van der Waals surface area contributed by atoms with Crippen molar-refractivity contribution in [1.82, 2.24) is 0 Å². The Labute approximate surface area is 159 Å². The second-order valence-corrected chi connectivity index (χ2v) is 6.84. The van der Waals surface area contributed by atoms with Gasteiger partial charge in [-0.15, -0.1) is 0 Å². The van der Waals surface area contributed by atoms with Gasteiger partial charge in [0.05, 0.1) is 0 Å². The lowest BCUT2D eigenvalue weighted by atomic mass is 9.91. The Bertz CT molecular complexity index is 774. The van der Waals surface area contributed by atoms with Gasteiger partial charge in [-0.2, -0.15) is 0 Å². The van der Waals surface area contributed by atoms with Crippen molar-refractivity contribution in [3.63, 3.8) is 0 Å². The molecule has 0 saturated heterocycles. The van der Waals surface area contributed by atoms with Crippen molar-refractivity contribution in [2.24, 2.45) is 10.9 Å². The lowest BCUT2D eigenvalue weighted by Gasteiger charge is -2.23. The number of nitrogens with zero attached hydrogens (tertiary/aromatic N) is 1. The van der Waals surface area contributed by atoms with Crippen LogP contribution in [0, 0.1) is 5.92 Å². The molecule has 2 aromatic carbocycles. The SMILES string of the molecule is CC1=NC(C(=O)OCc2ccccc2)(C(=O)OCc2ccccc2)CC1C. The molecule has 0 bridgehead atoms. The van der Waals surface area contributed by atoms with Gasteiger partial charge in [0, 0.05) is 12.1 Å². The van der Waals surface area contributed by atoms with E-state index in [1.54, 1.807) is 0 Å². The minimum absolute atomic E-state index is 0.0125. The molecule has 0 N–H and O–H groups in total. The lowest BCUT2D eigenvalue weighted by Crippen LogP contribution is -2.46. The highest BCUT2D eigenvalue weighted by Gasteiger charge is 2.53. The molecular weight excluding hydrogens is 342 g/mol. The first-order valence-electron chi connectivity index (χ1n) is 9.00. The van der Waals surface area contributed by atoms with E-state index in [1.165, 1.54) is 0 Å². The molecule has 0 amide bonds. The van der Waals surface area contributed by atoms with Crippen LogP contribution in [0.25, 0.3) is 0 Å². The molecule has 2 aromatic rings. The van der Waals surface area contributed by atoms with Gasteiger partial charge in [0.25, 0.3) is 5.54 Å². The minimum atomic E-state index is -1.62. The molecule has 1 aliphatic heterocycles. The van der Waals surface area contributed by atoms with E-state index >= 15 is 0 Å². The third kappa shape index (κ3) is 4.25. The van der Waals surface area contributed by atoms with Crippen LogP contribution in [0.4, 0.5) is 0 Å². The number of ether oxygens (including phenoxy) is 2. The first kappa shape index (κ1) is 18.8. The summed E-state index contributed by atoms with van der Waals surface area (Å²) in [5.41, 5.74) is 0.840. The van der Waals surface area contributed by atoms with Gasteiger partial charge < -0.3 is 9.47 Å². The average molecular weight is 365 g/mol. The zero-order valence-electron chi connectivity index (χ0n) is 15.6. The predicted molar refractivity (Wildman–Crippen MR) is 102 cm³/mol. The number of carbonyl (C=O) groups is 2. The summed E-state index contributed by atoms with van der Waals surface area (Å²) in [4.78, 5) is 30.1. The van der Waals surface area contributed by atoms with E-state index in [0.717, 1.165) is 16.8 Å². The monoisotopic (exact) mass is 365 g/mol. The lowest BCUT2D eigenvalue weighted by molar-refractivity contribution is -0.166. The fourth-order valence-corrected chi connectivity index (χ4v) is 3.07. The Morgan fingerprint density at radius 1 is 0.926 bits per heavy atom. The quantitative estimate of drug-likeness (QED) is 0.578. The maximum Gasteiger partial charge on any atom is 0.346 e. The van der Waals surface area contributed by atoms with E-state index in [9.17, 15) is 9.59 Å². The molecule has 1 unspecified atom stereocenters. The van der Waals surface area contributed by atoms with E-state index in [-0.39, 0.29) is 25.6 Å². The highest BCUT2D eigenvalue weighted by atomic mass is 16.6. The van der Waals surface area contributed by atoms with Gasteiger partial charge >= 0.3 is 11.9 Å². The second-order valence-electron chi connectivity index (χ2n) is 6.84. The van der Waals surface area contributed by atoms with Crippen LogP contribution in [-0.4, -0.2) is 23.2 Å². The van der Waals surface area contributed by atoms with Crippen molar-refractivity contribution in [3.8, 4) is 0 Å². The van der Waals surface area contributed by atoms with E-state index in [4.69, 9.17) is 9.47 Å². The van der Waals surface area contributed by atoms with Crippen LogP contribution in [0.3, 0.4) is 0 Å². The highest BCUT2D eigenvalue weighted by Crippen LogP contribution is 2.33. The van der Waals surface area contributed by atoms with Crippen molar-refractivity contribution in [2.75, 3.05) is 0 Å². The third-order valence-electron chi connectivity index (χ3n) is 4.78. The summed E-state index contributed by atoms with van der Waals surface area (Å²) in [6.45, 7) is 3.95. The number of rotatable bonds is 6. The summed E-state index contributed by atoms with van der Waals surface area (Å²) in [6, 6.07) is 18.7. The molecule has 140 valence electrons. The highest BCUT2D eigenvalue weighted by molar-refractivity contribution is 6.09. The molecule has 1 heterocycles. The van der Waals surface area contributed by atoms with Crippen LogP contribution in [0.1, 0.15) is 31.4 Å². The molecule has 0 saturated carbocycles. The van der Waals surface area contributed by atoms with E-state index in [0.29, 0.717) is 0 Å². The number of esters is 2. The summed E-state index contributed by atoms with van der Waals surface area (Å²) in [5.74, 6) is -1.31. The number of carbonyl (C=O) groups excluding carboxylic acids is 2. The molecule has 5 heteroatoms. The molecule has 1 aliphatic rings. The predicted octanol–water partition coefficient (Wildman–Crippen LogP) is 3.71. The topological polar surface area (TPSA) is 65.0 Å². The van der Waals surface area contributed by atoms with Crippen molar-refractivity contribution >= 4 is 17.7 Å². The molecule has 0 aliphatic carbocycles. The van der Waals surface area contributed by atoms with Gasteiger partial charge in [0.1, 0.15) is 13.2 Å². The van der Waals surface area contributed by atoms with E-state index in [2.05, 4.69) is 4.99 Å². The maximum absolute atomic E-state index is 12.9. The van der Waals surface area contributed by atoms with Crippen molar-refractivity contribution < 1.29 is 19.1 Å².